The van der Waals surface area contributed by atoms with Crippen molar-refractivity contribution in [2.24, 2.45) is 0 Å². The molecule has 0 saturated heterocycles. The highest BCUT2D eigenvalue weighted by Crippen LogP contribution is 2.31. The zero-order valence-corrected chi connectivity index (χ0v) is 13.4. The van der Waals surface area contributed by atoms with Crippen molar-refractivity contribution in [2.45, 2.75) is 11.4 Å². The van der Waals surface area contributed by atoms with E-state index in [1.807, 2.05) is 30.3 Å². The Morgan fingerprint density at radius 3 is 2.57 bits per heavy atom. The Bertz CT molecular complexity index is 925. The third kappa shape index (κ3) is 3.18. The van der Waals surface area contributed by atoms with Gasteiger partial charge in [0.1, 0.15) is 10.6 Å². The second-order valence-corrected chi connectivity index (χ2v) is 6.68. The van der Waals surface area contributed by atoms with Crippen LogP contribution in [0.3, 0.4) is 0 Å². The summed E-state index contributed by atoms with van der Waals surface area (Å²) in [5, 5.41) is 0.535. The number of hydrogen-bond donors (Lipinski definition) is 1. The molecule has 23 heavy (non-hydrogen) atoms. The van der Waals surface area contributed by atoms with E-state index in [2.05, 4.69) is 9.71 Å². The maximum absolute atomic E-state index is 12.8. The lowest BCUT2D eigenvalue weighted by Gasteiger charge is -2.13. The summed E-state index contributed by atoms with van der Waals surface area (Å²) < 4.78 is 33.4. The third-order valence-electron chi connectivity index (χ3n) is 3.50. The molecule has 0 spiro atoms. The van der Waals surface area contributed by atoms with Gasteiger partial charge in [0.25, 0.3) is 0 Å². The van der Waals surface area contributed by atoms with Crippen molar-refractivity contribution in [1.82, 2.24) is 9.71 Å². The van der Waals surface area contributed by atoms with E-state index in [1.165, 1.54) is 7.11 Å². The van der Waals surface area contributed by atoms with Gasteiger partial charge in [-0.15, -0.1) is 0 Å². The molecule has 0 saturated carbocycles. The van der Waals surface area contributed by atoms with Crippen molar-refractivity contribution in [3.63, 3.8) is 0 Å². The lowest BCUT2D eigenvalue weighted by molar-refractivity contribution is 0.403. The van der Waals surface area contributed by atoms with Crippen molar-refractivity contribution >= 4 is 20.9 Å². The largest absolute Gasteiger partial charge is 0.495 e. The summed E-state index contributed by atoms with van der Waals surface area (Å²) in [5.41, 5.74) is 1.49. The number of methoxy groups -OCH3 is 1. The molecule has 3 rings (SSSR count). The van der Waals surface area contributed by atoms with Gasteiger partial charge in [-0.25, -0.2) is 13.1 Å². The van der Waals surface area contributed by atoms with Crippen molar-refractivity contribution in [3.8, 4) is 5.75 Å². The number of hydrogen-bond acceptors (Lipinski definition) is 4. The van der Waals surface area contributed by atoms with Crippen LogP contribution < -0.4 is 9.46 Å². The molecule has 1 N–H and O–H groups in total. The normalized spacial score (nSPS) is 11.5. The summed E-state index contributed by atoms with van der Waals surface area (Å²) in [5.74, 6) is 0.297. The third-order valence-corrected chi connectivity index (χ3v) is 4.98. The molecule has 0 radical (unpaired) electrons. The number of nitrogens with zero attached hydrogens (tertiary/aromatic N) is 1. The minimum atomic E-state index is -3.74. The number of pyridine rings is 1. The fourth-order valence-corrected chi connectivity index (χ4v) is 3.77. The molecular weight excluding hydrogens is 312 g/mol. The van der Waals surface area contributed by atoms with E-state index in [9.17, 15) is 8.42 Å². The number of ether oxygens (including phenoxy) is 1. The molecule has 0 atom stereocenters. The summed E-state index contributed by atoms with van der Waals surface area (Å²) in [6.45, 7) is 0.211. The predicted molar refractivity (Wildman–Crippen MR) is 88.8 cm³/mol. The Balaban J connectivity index is 2.03. The molecule has 5 nitrogen and oxygen atoms in total. The molecule has 3 aromatic rings. The molecule has 1 aromatic heterocycles. The molecule has 0 unspecified atom stereocenters. The first-order chi connectivity index (χ1) is 11.1. The summed E-state index contributed by atoms with van der Waals surface area (Å²) in [6, 6.07) is 16.1. The molecular formula is C17H16N2O3S. The lowest BCUT2D eigenvalue weighted by Crippen LogP contribution is -2.24. The van der Waals surface area contributed by atoms with Gasteiger partial charge in [0.05, 0.1) is 12.6 Å². The predicted octanol–water partition coefficient (Wildman–Crippen LogP) is 2.72. The molecule has 0 fully saturated rings. The second-order valence-electron chi connectivity index (χ2n) is 4.98. The van der Waals surface area contributed by atoms with Crippen molar-refractivity contribution in [1.29, 1.82) is 0 Å². The Morgan fingerprint density at radius 2 is 1.83 bits per heavy atom. The first-order valence-electron chi connectivity index (χ1n) is 7.07. The zero-order chi connectivity index (χ0) is 16.3. The number of sulfonamides is 1. The highest BCUT2D eigenvalue weighted by molar-refractivity contribution is 7.89. The number of rotatable bonds is 5. The smallest absolute Gasteiger partial charge is 0.245 e. The van der Waals surface area contributed by atoms with Gasteiger partial charge in [-0.05, 0) is 29.8 Å². The van der Waals surface area contributed by atoms with Crippen LogP contribution in [-0.2, 0) is 16.6 Å². The summed E-state index contributed by atoms with van der Waals surface area (Å²) >= 11 is 0. The van der Waals surface area contributed by atoms with Crippen LogP contribution in [-0.4, -0.2) is 20.5 Å². The van der Waals surface area contributed by atoms with Gasteiger partial charge in [-0.2, -0.15) is 0 Å². The van der Waals surface area contributed by atoms with Crippen LogP contribution in [0.1, 0.15) is 5.56 Å². The standard InChI is InChI=1S/C17H16N2O3S/c1-22-16-10-9-15-14(8-5-11-18-15)17(16)23(20,21)19-12-13-6-3-2-4-7-13/h2-11,19H,12H2,1H3. The van der Waals surface area contributed by atoms with Gasteiger partial charge in [0, 0.05) is 18.1 Å². The van der Waals surface area contributed by atoms with Gasteiger partial charge in [0.2, 0.25) is 10.0 Å². The zero-order valence-electron chi connectivity index (χ0n) is 12.6. The van der Waals surface area contributed by atoms with Gasteiger partial charge < -0.3 is 4.74 Å². The molecule has 0 bridgehead atoms. The van der Waals surface area contributed by atoms with Gasteiger partial charge in [-0.1, -0.05) is 30.3 Å². The average molecular weight is 328 g/mol. The molecule has 1 heterocycles. The van der Waals surface area contributed by atoms with E-state index < -0.39 is 10.0 Å². The molecule has 0 aliphatic rings. The van der Waals surface area contributed by atoms with E-state index in [4.69, 9.17) is 4.74 Å². The molecule has 6 heteroatoms. The van der Waals surface area contributed by atoms with Crippen LogP contribution >= 0.6 is 0 Å². The fourth-order valence-electron chi connectivity index (χ4n) is 2.39. The number of nitrogens with one attached hydrogen (secondary N) is 1. The Hall–Kier alpha value is -2.44. The Kier molecular flexibility index (Phi) is 4.27. The van der Waals surface area contributed by atoms with Crippen LogP contribution in [0.25, 0.3) is 10.9 Å². The monoisotopic (exact) mass is 328 g/mol. The molecule has 0 aliphatic carbocycles. The maximum Gasteiger partial charge on any atom is 0.245 e. The van der Waals surface area contributed by atoms with Crippen molar-refractivity contribution in [2.75, 3.05) is 7.11 Å². The lowest BCUT2D eigenvalue weighted by atomic mass is 10.2. The summed E-state index contributed by atoms with van der Waals surface area (Å²) in [7, 11) is -2.29. The minimum Gasteiger partial charge on any atom is -0.495 e. The van der Waals surface area contributed by atoms with Crippen LogP contribution in [0.2, 0.25) is 0 Å². The minimum absolute atomic E-state index is 0.113. The van der Waals surface area contributed by atoms with E-state index in [0.717, 1.165) is 5.56 Å². The van der Waals surface area contributed by atoms with Crippen molar-refractivity contribution < 1.29 is 13.2 Å². The first kappa shape index (κ1) is 15.5. The number of benzene rings is 2. The van der Waals surface area contributed by atoms with Crippen LogP contribution in [0, 0.1) is 0 Å². The Labute approximate surface area is 135 Å². The highest BCUT2D eigenvalue weighted by atomic mass is 32.2. The number of aromatic nitrogens is 1. The molecule has 0 aliphatic heterocycles. The average Bonchev–Trinajstić information content (AvgIpc) is 2.60. The molecule has 118 valence electrons. The summed E-state index contributed by atoms with van der Waals surface area (Å²) in [4.78, 5) is 4.31. The van der Waals surface area contributed by atoms with E-state index in [1.54, 1.807) is 30.5 Å². The van der Waals surface area contributed by atoms with Crippen LogP contribution in [0.4, 0.5) is 0 Å². The quantitative estimate of drug-likeness (QED) is 0.782. The van der Waals surface area contributed by atoms with Crippen molar-refractivity contribution in [3.05, 3.63) is 66.4 Å². The van der Waals surface area contributed by atoms with E-state index in [-0.39, 0.29) is 11.4 Å². The van der Waals surface area contributed by atoms with E-state index in [0.29, 0.717) is 16.7 Å². The van der Waals surface area contributed by atoms with E-state index >= 15 is 0 Å². The van der Waals surface area contributed by atoms with Gasteiger partial charge in [-0.3, -0.25) is 4.98 Å². The first-order valence-corrected chi connectivity index (χ1v) is 8.55. The SMILES string of the molecule is COc1ccc2ncccc2c1S(=O)(=O)NCc1ccccc1. The van der Waals surface area contributed by atoms with Crippen LogP contribution in [0.5, 0.6) is 5.75 Å². The second kappa shape index (κ2) is 6.36. The number of fused-ring (bicyclic) bond motifs is 1. The van der Waals surface area contributed by atoms with Gasteiger partial charge in [0.15, 0.2) is 0 Å². The van der Waals surface area contributed by atoms with Crippen LogP contribution in [0.15, 0.2) is 65.7 Å². The fraction of sp³-hybridized carbons (Fsp3) is 0.118. The van der Waals surface area contributed by atoms with Gasteiger partial charge >= 0.3 is 0 Å². The topological polar surface area (TPSA) is 68.3 Å². The summed E-state index contributed by atoms with van der Waals surface area (Å²) in [6.07, 6.45) is 1.63. The Morgan fingerprint density at radius 1 is 1.04 bits per heavy atom. The molecule has 0 amide bonds. The maximum atomic E-state index is 12.8. The molecule has 2 aromatic carbocycles. The highest BCUT2D eigenvalue weighted by Gasteiger charge is 2.22.